The Morgan fingerprint density at radius 2 is 0.576 bits per heavy atom. The molecule has 0 atom stereocenters. The Kier molecular flexibility index (Phi) is 35.5. The van der Waals surface area contributed by atoms with Crippen LogP contribution in [0, 0.1) is 45.3 Å². The minimum Gasteiger partial charge on any atom is -0.265 e. The third-order valence-corrected chi connectivity index (χ3v) is 19.6. The highest BCUT2D eigenvalue weighted by atomic mass is 14.7. The Balaban J connectivity index is 0.000000238. The lowest BCUT2D eigenvalue weighted by Crippen LogP contribution is -2.12. The van der Waals surface area contributed by atoms with E-state index in [1.807, 2.05) is 134 Å². The second-order valence-electron chi connectivity index (χ2n) is 38.9. The van der Waals surface area contributed by atoms with Crippen LogP contribution in [0.3, 0.4) is 0 Å². The molecule has 0 radical (unpaired) electrons. The number of fused-ring (bicyclic) bond motifs is 2. The molecular formula is C111H131N7. The summed E-state index contributed by atoms with van der Waals surface area (Å²) in [5.41, 5.74) is 21.1. The minimum absolute atomic E-state index is 0.132. The van der Waals surface area contributed by atoms with Crippen molar-refractivity contribution in [1.82, 2.24) is 15.0 Å². The van der Waals surface area contributed by atoms with E-state index in [0.29, 0.717) is 11.1 Å². The normalized spacial score (nSPS) is 11.3. The van der Waals surface area contributed by atoms with Gasteiger partial charge in [0.05, 0.1) is 46.5 Å². The van der Waals surface area contributed by atoms with Gasteiger partial charge in [0, 0.05) is 42.1 Å². The van der Waals surface area contributed by atoms with Crippen LogP contribution in [0.1, 0.15) is 259 Å². The van der Waals surface area contributed by atoms with Crippen LogP contribution in [0.4, 0.5) is 0 Å². The van der Waals surface area contributed by atoms with Crippen molar-refractivity contribution in [2.75, 3.05) is 0 Å². The Bertz CT molecular complexity index is 5230. The molecule has 0 amide bonds. The lowest BCUT2D eigenvalue weighted by molar-refractivity contribution is 0.569. The summed E-state index contributed by atoms with van der Waals surface area (Å²) in [5.74, 6) is 0. The first-order valence-electron chi connectivity index (χ1n) is 41.0. The topological polar surface area (TPSA) is 134 Å². The average molecular weight is 1560 g/mol. The zero-order chi connectivity index (χ0) is 87.9. The number of rotatable bonds is 2. The molecule has 7 nitrogen and oxygen atoms in total. The smallest absolute Gasteiger partial charge is 0.0991 e. The number of nitriles is 4. The maximum absolute atomic E-state index is 8.80. The van der Waals surface area contributed by atoms with E-state index in [1.54, 1.807) is 6.20 Å². The first-order valence-corrected chi connectivity index (χ1v) is 41.0. The summed E-state index contributed by atoms with van der Waals surface area (Å²) in [7, 11) is 0. The zero-order valence-electron chi connectivity index (χ0n) is 76.0. The van der Waals surface area contributed by atoms with Crippen LogP contribution in [-0.2, 0) is 48.7 Å². The average Bonchev–Trinajstić information content (AvgIpc) is 0.802. The van der Waals surface area contributed by atoms with Crippen molar-refractivity contribution in [2.45, 2.75) is 236 Å². The van der Waals surface area contributed by atoms with Gasteiger partial charge in [-0.15, -0.1) is 0 Å². The largest absolute Gasteiger partial charge is 0.265 e. The van der Waals surface area contributed by atoms with Gasteiger partial charge < -0.3 is 0 Å². The first kappa shape index (κ1) is 96.7. The highest BCUT2D eigenvalue weighted by Gasteiger charge is 2.20. The zero-order valence-corrected chi connectivity index (χ0v) is 76.0. The molecule has 0 saturated heterocycles. The molecule has 118 heavy (non-hydrogen) atoms. The summed E-state index contributed by atoms with van der Waals surface area (Å²) in [6.45, 7) is 59.3. The lowest BCUT2D eigenvalue weighted by atomic mass is 9.84. The Hall–Kier alpha value is -11.9. The molecule has 13 aromatic rings. The monoisotopic (exact) mass is 1560 g/mol. The molecule has 0 spiro atoms. The predicted molar refractivity (Wildman–Crippen MR) is 504 cm³/mol. The molecule has 0 aliphatic heterocycles. The van der Waals surface area contributed by atoms with Gasteiger partial charge in [-0.3, -0.25) is 15.0 Å². The number of benzene rings is 10. The molecule has 0 aliphatic carbocycles. The quantitative estimate of drug-likeness (QED) is 0.168. The molecule has 0 saturated carbocycles. The molecule has 0 aliphatic rings. The molecule has 0 bridgehead atoms. The van der Waals surface area contributed by atoms with Gasteiger partial charge >= 0.3 is 0 Å². The molecule has 610 valence electrons. The van der Waals surface area contributed by atoms with E-state index in [-0.39, 0.29) is 48.7 Å². The number of pyridine rings is 3. The maximum atomic E-state index is 8.80. The van der Waals surface area contributed by atoms with Crippen molar-refractivity contribution in [2.24, 2.45) is 0 Å². The van der Waals surface area contributed by atoms with Crippen LogP contribution >= 0.6 is 0 Å². The van der Waals surface area contributed by atoms with E-state index in [9.17, 15) is 0 Å². The van der Waals surface area contributed by atoms with Gasteiger partial charge in [-0.2, -0.15) is 21.0 Å². The van der Waals surface area contributed by atoms with Gasteiger partial charge in [-0.25, -0.2) is 0 Å². The number of hydrogen-bond donors (Lipinski definition) is 0. The maximum Gasteiger partial charge on any atom is 0.0991 e. The molecule has 7 heteroatoms. The molecule has 3 heterocycles. The summed E-state index contributed by atoms with van der Waals surface area (Å²) >= 11 is 0. The van der Waals surface area contributed by atoms with E-state index < -0.39 is 0 Å². The summed E-state index contributed by atoms with van der Waals surface area (Å²) in [6, 6.07) is 101. The second-order valence-corrected chi connectivity index (χ2v) is 38.9. The van der Waals surface area contributed by atoms with Crippen LogP contribution < -0.4 is 0 Å². The molecule has 10 aromatic carbocycles. The van der Waals surface area contributed by atoms with Crippen LogP contribution in [0.25, 0.3) is 43.8 Å². The van der Waals surface area contributed by atoms with Crippen molar-refractivity contribution in [3.05, 3.63) is 376 Å². The molecule has 0 unspecified atom stereocenters. The van der Waals surface area contributed by atoms with E-state index in [4.69, 9.17) is 21.0 Å². The van der Waals surface area contributed by atoms with Crippen molar-refractivity contribution >= 4 is 21.5 Å². The first-order chi connectivity index (χ1) is 55.1. The van der Waals surface area contributed by atoms with Crippen molar-refractivity contribution in [3.8, 4) is 46.5 Å². The van der Waals surface area contributed by atoms with E-state index in [2.05, 4.69) is 390 Å². The van der Waals surface area contributed by atoms with Crippen LogP contribution in [0.15, 0.2) is 304 Å². The predicted octanol–water partition coefficient (Wildman–Crippen LogP) is 30.2. The Labute approximate surface area is 711 Å². The molecule has 0 N–H and O–H groups in total. The Morgan fingerprint density at radius 1 is 0.212 bits per heavy atom. The van der Waals surface area contributed by atoms with Gasteiger partial charge in [0.2, 0.25) is 0 Å². The lowest BCUT2D eigenvalue weighted by Gasteiger charge is -2.21. The van der Waals surface area contributed by atoms with Crippen molar-refractivity contribution in [1.29, 1.82) is 21.0 Å². The fraction of sp³-hybridized carbons (Fsp3) is 0.324. The Morgan fingerprint density at radius 3 is 0.983 bits per heavy atom. The van der Waals surface area contributed by atoms with Gasteiger partial charge in [-0.1, -0.05) is 381 Å². The van der Waals surface area contributed by atoms with E-state index >= 15 is 0 Å². The van der Waals surface area contributed by atoms with E-state index in [1.165, 1.54) is 77.2 Å². The second kappa shape index (κ2) is 43.4. The summed E-state index contributed by atoms with van der Waals surface area (Å²) in [6.07, 6.45) is 9.22. The van der Waals surface area contributed by atoms with Gasteiger partial charge in [-0.05, 0) is 210 Å². The third-order valence-electron chi connectivity index (χ3n) is 19.6. The molecular weight excluding hydrogens is 1430 g/mol. The fourth-order valence-electron chi connectivity index (χ4n) is 11.9. The molecule has 13 rings (SSSR count). The van der Waals surface area contributed by atoms with Gasteiger partial charge in [0.1, 0.15) is 0 Å². The standard InChI is InChI=1S/2C17H17N.2C14H16.2C11H13N.3C9H13N/c1-17(2,3)16-10-8-15(9-11-16)14-6-4-13(12-18)5-7-14;1-17(2,3)16-6-4-5-15(11-16)14-9-7-13(12-18)8-10-14;1-14(2,3)13-10-6-8-11-7-4-5-9-12(11)13;1-14(2,3)13-9-8-11-6-4-5-7-12(11)10-13;1-11(2,3)10-6-4-9(8-12)5-7-10;1-11(2,3)10-6-4-5-9(7-10)8-12;1-9(2,3)8-4-6-10-7-5-8;1-9(2,3)8-5-4-6-10-7-8;1-9(2,3)8-6-4-5-7-10-8/h2*4-11H,1-3H3;2*4-10H,1-3H3;2*4-7H,1-3H3;3*4-7H,1-3H3. The highest BCUT2D eigenvalue weighted by Crippen LogP contribution is 2.33. The summed E-state index contributed by atoms with van der Waals surface area (Å²) in [5, 5.41) is 40.2. The number of nitrogens with zero attached hydrogens (tertiary/aromatic N) is 7. The van der Waals surface area contributed by atoms with E-state index in [0.717, 1.165) is 27.9 Å². The summed E-state index contributed by atoms with van der Waals surface area (Å²) < 4.78 is 0. The molecule has 0 fully saturated rings. The van der Waals surface area contributed by atoms with Crippen LogP contribution in [0.2, 0.25) is 0 Å². The third kappa shape index (κ3) is 33.0. The molecule has 3 aromatic heterocycles. The fourth-order valence-corrected chi connectivity index (χ4v) is 11.9. The van der Waals surface area contributed by atoms with Gasteiger partial charge in [0.15, 0.2) is 0 Å². The van der Waals surface area contributed by atoms with Crippen molar-refractivity contribution < 1.29 is 0 Å². The summed E-state index contributed by atoms with van der Waals surface area (Å²) in [4.78, 5) is 12.3. The number of hydrogen-bond acceptors (Lipinski definition) is 7. The SMILES string of the molecule is CC(C)(C)c1ccc(-c2ccc(C#N)cc2)cc1.CC(C)(C)c1ccc(C#N)cc1.CC(C)(C)c1ccc2ccccc2c1.CC(C)(C)c1cccc(-c2ccc(C#N)cc2)c1.CC(C)(C)c1cccc(C#N)c1.CC(C)(C)c1cccc2ccccc12.CC(C)(C)c1ccccn1.CC(C)(C)c1cccnc1.CC(C)(C)c1ccncc1. The highest BCUT2D eigenvalue weighted by molar-refractivity contribution is 5.86. The minimum atomic E-state index is 0.132. The van der Waals surface area contributed by atoms with Crippen LogP contribution in [-0.4, -0.2) is 15.0 Å². The van der Waals surface area contributed by atoms with Crippen molar-refractivity contribution in [3.63, 3.8) is 0 Å². The number of aromatic nitrogens is 3. The van der Waals surface area contributed by atoms with Crippen LogP contribution in [0.5, 0.6) is 0 Å². The van der Waals surface area contributed by atoms with Gasteiger partial charge in [0.25, 0.3) is 0 Å².